The minimum Gasteiger partial charge on any atom is -0.367 e. The van der Waals surface area contributed by atoms with Crippen molar-refractivity contribution in [2.24, 2.45) is 0 Å². The van der Waals surface area contributed by atoms with Crippen LogP contribution in [0.3, 0.4) is 0 Å². The molecule has 0 spiro atoms. The molecule has 0 saturated carbocycles. The largest absolute Gasteiger partial charge is 0.405 e. The van der Waals surface area contributed by atoms with Crippen LogP contribution in [-0.2, 0) is 0 Å². The van der Waals surface area contributed by atoms with Gasteiger partial charge in [0.1, 0.15) is 11.9 Å². The summed E-state index contributed by atoms with van der Waals surface area (Å²) < 4.78 is 40.1. The molecule has 156 valence electrons. The third kappa shape index (κ3) is 7.69. The predicted octanol–water partition coefficient (Wildman–Crippen LogP) is 2.31. The molecule has 1 aliphatic heterocycles. The van der Waals surface area contributed by atoms with Crippen LogP contribution in [0.15, 0.2) is 18.3 Å². The van der Waals surface area contributed by atoms with E-state index >= 15 is 0 Å². The zero-order chi connectivity index (χ0) is 18.4. The average molecular weight is 432 g/mol. The van der Waals surface area contributed by atoms with Crippen LogP contribution in [0, 0.1) is 0 Å². The van der Waals surface area contributed by atoms with E-state index in [-0.39, 0.29) is 36.4 Å². The quantitative estimate of drug-likeness (QED) is 0.644. The Morgan fingerprint density at radius 2 is 1.93 bits per heavy atom. The van der Waals surface area contributed by atoms with Gasteiger partial charge in [0, 0.05) is 45.0 Å². The fraction of sp³-hybridized carbons (Fsp3) is 0.625. The van der Waals surface area contributed by atoms with Gasteiger partial charge < -0.3 is 16.0 Å². The minimum atomic E-state index is -4.40. The van der Waals surface area contributed by atoms with Crippen LogP contribution >= 0.6 is 24.8 Å². The van der Waals surface area contributed by atoms with Gasteiger partial charge in [-0.2, -0.15) is 13.2 Å². The summed E-state index contributed by atoms with van der Waals surface area (Å²) in [5.41, 5.74) is 0.234. The SMILES string of the molecule is CC(C)Nc1ncccc1C(=O)NCC(N1CCNCC1)C(F)(F)F.Cl.Cl. The molecule has 0 bridgehead atoms. The molecule has 1 fully saturated rings. The number of amides is 1. The van der Waals surface area contributed by atoms with Gasteiger partial charge >= 0.3 is 6.18 Å². The van der Waals surface area contributed by atoms with Gasteiger partial charge in [-0.3, -0.25) is 9.69 Å². The van der Waals surface area contributed by atoms with Crippen LogP contribution < -0.4 is 16.0 Å². The number of anilines is 1. The van der Waals surface area contributed by atoms with Gasteiger partial charge in [-0.05, 0) is 26.0 Å². The molecule has 1 aromatic heterocycles. The first-order chi connectivity index (χ1) is 11.8. The highest BCUT2D eigenvalue weighted by Gasteiger charge is 2.43. The van der Waals surface area contributed by atoms with Crippen molar-refractivity contribution in [2.75, 3.05) is 38.0 Å². The van der Waals surface area contributed by atoms with Crippen LogP contribution in [0.1, 0.15) is 24.2 Å². The molecule has 3 N–H and O–H groups in total. The first-order valence-electron chi connectivity index (χ1n) is 8.30. The number of pyridine rings is 1. The first kappa shape index (κ1) is 25.7. The summed E-state index contributed by atoms with van der Waals surface area (Å²) in [7, 11) is 0. The van der Waals surface area contributed by atoms with Crippen molar-refractivity contribution in [3.63, 3.8) is 0 Å². The standard InChI is InChI=1S/C16H24F3N5O.2ClH/c1-11(2)23-14-12(4-3-5-21-14)15(25)22-10-13(16(17,18)19)24-8-6-20-7-9-24;;/h3-5,11,13,20H,6-10H2,1-2H3,(H,21,23)(H,22,25);2*1H. The zero-order valence-corrected chi connectivity index (χ0v) is 16.8. The molecule has 0 aliphatic carbocycles. The summed E-state index contributed by atoms with van der Waals surface area (Å²) >= 11 is 0. The van der Waals surface area contributed by atoms with Crippen molar-refractivity contribution in [1.29, 1.82) is 0 Å². The van der Waals surface area contributed by atoms with E-state index in [0.717, 1.165) is 0 Å². The molecule has 6 nitrogen and oxygen atoms in total. The highest BCUT2D eigenvalue weighted by Crippen LogP contribution is 2.25. The number of hydrogen-bond donors (Lipinski definition) is 3. The predicted molar refractivity (Wildman–Crippen MR) is 104 cm³/mol. The zero-order valence-electron chi connectivity index (χ0n) is 15.2. The summed E-state index contributed by atoms with van der Waals surface area (Å²) in [5, 5.41) is 8.46. The number of carbonyl (C=O) groups excluding carboxylic acids is 1. The van der Waals surface area contributed by atoms with E-state index in [4.69, 9.17) is 0 Å². The van der Waals surface area contributed by atoms with Crippen LogP contribution in [0.5, 0.6) is 0 Å². The van der Waals surface area contributed by atoms with Gasteiger partial charge in [0.05, 0.1) is 5.56 Å². The molecule has 1 aliphatic rings. The maximum Gasteiger partial charge on any atom is 0.405 e. The Morgan fingerprint density at radius 3 is 2.48 bits per heavy atom. The number of piperazine rings is 1. The second kappa shape index (κ2) is 11.5. The molecule has 2 rings (SSSR count). The average Bonchev–Trinajstić information content (AvgIpc) is 2.54. The molecule has 1 saturated heterocycles. The number of carbonyl (C=O) groups is 1. The number of aromatic nitrogens is 1. The molecule has 11 heteroatoms. The summed E-state index contributed by atoms with van der Waals surface area (Å²) in [6.07, 6.45) is -2.88. The van der Waals surface area contributed by atoms with E-state index in [1.54, 1.807) is 12.1 Å². The van der Waals surface area contributed by atoms with Gasteiger partial charge in [0.25, 0.3) is 5.91 Å². The fourth-order valence-electron chi connectivity index (χ4n) is 2.71. The van der Waals surface area contributed by atoms with Crippen molar-refractivity contribution in [1.82, 2.24) is 20.5 Å². The van der Waals surface area contributed by atoms with Gasteiger partial charge in [-0.25, -0.2) is 4.98 Å². The van der Waals surface area contributed by atoms with E-state index < -0.39 is 24.7 Å². The Bertz CT molecular complexity index is 583. The lowest BCUT2D eigenvalue weighted by molar-refractivity contribution is -0.183. The van der Waals surface area contributed by atoms with Gasteiger partial charge in [-0.1, -0.05) is 0 Å². The van der Waals surface area contributed by atoms with Crippen LogP contribution in [0.2, 0.25) is 0 Å². The van der Waals surface area contributed by atoms with Gasteiger partial charge in [-0.15, -0.1) is 24.8 Å². The maximum absolute atomic E-state index is 13.4. The summed E-state index contributed by atoms with van der Waals surface area (Å²) in [4.78, 5) is 17.8. The van der Waals surface area contributed by atoms with Gasteiger partial charge in [0.2, 0.25) is 0 Å². The molecule has 0 radical (unpaired) electrons. The molecule has 1 amide bonds. The van der Waals surface area contributed by atoms with E-state index in [2.05, 4.69) is 20.9 Å². The van der Waals surface area contributed by atoms with E-state index in [0.29, 0.717) is 32.0 Å². The third-order valence-corrected chi connectivity index (χ3v) is 3.90. The topological polar surface area (TPSA) is 69.3 Å². The number of rotatable bonds is 6. The molecule has 27 heavy (non-hydrogen) atoms. The Labute approximate surface area is 169 Å². The van der Waals surface area contributed by atoms with E-state index in [1.807, 2.05) is 13.8 Å². The number of nitrogens with zero attached hydrogens (tertiary/aromatic N) is 2. The van der Waals surface area contributed by atoms with E-state index in [9.17, 15) is 18.0 Å². The van der Waals surface area contributed by atoms with Crippen molar-refractivity contribution in [3.05, 3.63) is 23.9 Å². The second-order valence-corrected chi connectivity index (χ2v) is 6.25. The Morgan fingerprint density at radius 1 is 1.30 bits per heavy atom. The van der Waals surface area contributed by atoms with Crippen molar-refractivity contribution >= 4 is 36.5 Å². The normalized spacial score (nSPS) is 16.1. The minimum absolute atomic E-state index is 0. The van der Waals surface area contributed by atoms with Crippen molar-refractivity contribution < 1.29 is 18.0 Å². The molecular formula is C16H26Cl2F3N5O. The van der Waals surface area contributed by atoms with Crippen LogP contribution in [-0.4, -0.2) is 66.8 Å². The lowest BCUT2D eigenvalue weighted by Crippen LogP contribution is -2.57. The summed E-state index contributed by atoms with van der Waals surface area (Å²) in [5.74, 6) is -0.207. The third-order valence-electron chi connectivity index (χ3n) is 3.90. The lowest BCUT2D eigenvalue weighted by Gasteiger charge is -2.35. The van der Waals surface area contributed by atoms with Crippen LogP contribution in [0.25, 0.3) is 0 Å². The van der Waals surface area contributed by atoms with Gasteiger partial charge in [0.15, 0.2) is 0 Å². The number of alkyl halides is 3. The monoisotopic (exact) mass is 431 g/mol. The highest BCUT2D eigenvalue weighted by atomic mass is 35.5. The highest BCUT2D eigenvalue weighted by molar-refractivity contribution is 5.98. The summed E-state index contributed by atoms with van der Waals surface area (Å²) in [6.45, 7) is 4.90. The van der Waals surface area contributed by atoms with E-state index in [1.165, 1.54) is 11.1 Å². The lowest BCUT2D eigenvalue weighted by atomic mass is 10.2. The number of hydrogen-bond acceptors (Lipinski definition) is 5. The Balaban J connectivity index is 0.00000338. The van der Waals surface area contributed by atoms with Crippen molar-refractivity contribution in [3.8, 4) is 0 Å². The molecule has 2 heterocycles. The molecule has 1 unspecified atom stereocenters. The molecule has 0 aromatic carbocycles. The first-order valence-corrected chi connectivity index (χ1v) is 8.30. The van der Waals surface area contributed by atoms with Crippen molar-refractivity contribution in [2.45, 2.75) is 32.1 Å². The Kier molecular flexibility index (Phi) is 11.0. The maximum atomic E-state index is 13.4. The number of halogens is 5. The smallest absolute Gasteiger partial charge is 0.367 e. The molecule has 1 atom stereocenters. The van der Waals surface area contributed by atoms with Crippen LogP contribution in [0.4, 0.5) is 19.0 Å². The summed E-state index contributed by atoms with van der Waals surface area (Å²) in [6, 6.07) is 1.47. The molecular weight excluding hydrogens is 406 g/mol. The molecule has 1 aromatic rings. The number of nitrogens with one attached hydrogen (secondary N) is 3. The Hall–Kier alpha value is -1.29. The fourth-order valence-corrected chi connectivity index (χ4v) is 2.71. The second-order valence-electron chi connectivity index (χ2n) is 6.25.